The van der Waals surface area contributed by atoms with Crippen LogP contribution in [0.4, 0.5) is 11.4 Å². The first-order valence-corrected chi connectivity index (χ1v) is 14.6. The Morgan fingerprint density at radius 1 is 1.02 bits per heavy atom. The third-order valence-corrected chi connectivity index (χ3v) is 7.55. The predicted octanol–water partition coefficient (Wildman–Crippen LogP) is 4.61. The van der Waals surface area contributed by atoms with Gasteiger partial charge in [-0.15, -0.1) is 11.3 Å². The third kappa shape index (κ3) is 7.33. The molecule has 0 saturated heterocycles. The first kappa shape index (κ1) is 29.8. The highest BCUT2D eigenvalue weighted by molar-refractivity contribution is 7.09. The number of aromatic nitrogens is 1. The van der Waals surface area contributed by atoms with Crippen LogP contribution in [0.5, 0.6) is 11.5 Å². The molecule has 0 saturated carbocycles. The van der Waals surface area contributed by atoms with E-state index in [9.17, 15) is 9.59 Å². The Labute approximate surface area is 244 Å². The average molecular weight is 576 g/mol. The normalized spacial score (nSPS) is 11.7. The summed E-state index contributed by atoms with van der Waals surface area (Å²) in [6.45, 7) is 7.17. The standard InChI is InChI=1S/C31H37N5O4S/c1-4-22-19(17-35-31(38)24(32)14-21-10-8-12-41-21)9-7-11-25(22)36-30-20(13-29(33)37)18-34-26-16-28(40-6-3)27(39-5-2)15-23(26)30/h7-12,15-16,18,24H,4-6,13-14,17,32H2,1-3H3,(H2,33,37)(H,34,36)(H,35,38)/t24-/m0/s1. The number of ether oxygens (including phenoxy) is 2. The molecule has 0 spiro atoms. The van der Waals surface area contributed by atoms with Crippen LogP contribution >= 0.6 is 11.3 Å². The van der Waals surface area contributed by atoms with Crippen molar-refractivity contribution in [3.63, 3.8) is 0 Å². The van der Waals surface area contributed by atoms with Gasteiger partial charge in [-0.25, -0.2) is 0 Å². The summed E-state index contributed by atoms with van der Waals surface area (Å²) in [6.07, 6.45) is 2.89. The molecule has 0 aliphatic heterocycles. The fourth-order valence-electron chi connectivity index (χ4n) is 4.77. The van der Waals surface area contributed by atoms with E-state index in [-0.39, 0.29) is 12.3 Å². The van der Waals surface area contributed by atoms with Crippen molar-refractivity contribution in [2.45, 2.75) is 52.6 Å². The number of thiophene rings is 1. The van der Waals surface area contributed by atoms with Crippen LogP contribution in [0.15, 0.2) is 54.0 Å². The van der Waals surface area contributed by atoms with E-state index in [0.29, 0.717) is 60.9 Å². The number of pyridine rings is 1. The van der Waals surface area contributed by atoms with Crippen molar-refractivity contribution in [2.75, 3.05) is 18.5 Å². The summed E-state index contributed by atoms with van der Waals surface area (Å²) in [4.78, 5) is 30.4. The fraction of sp³-hybridized carbons (Fsp3) is 0.323. The number of hydrogen-bond donors (Lipinski definition) is 4. The van der Waals surface area contributed by atoms with Gasteiger partial charge < -0.3 is 31.6 Å². The van der Waals surface area contributed by atoms with E-state index in [0.717, 1.165) is 27.1 Å². The van der Waals surface area contributed by atoms with Crippen molar-refractivity contribution in [1.82, 2.24) is 10.3 Å². The summed E-state index contributed by atoms with van der Waals surface area (Å²) in [6, 6.07) is 12.9. The Kier molecular flexibility index (Phi) is 10.2. The van der Waals surface area contributed by atoms with Gasteiger partial charge in [-0.05, 0) is 55.0 Å². The molecule has 2 amide bonds. The second-order valence-electron chi connectivity index (χ2n) is 9.51. The highest BCUT2D eigenvalue weighted by Crippen LogP contribution is 2.38. The number of fused-ring (bicyclic) bond motifs is 1. The summed E-state index contributed by atoms with van der Waals surface area (Å²) >= 11 is 1.59. The molecule has 1 atom stereocenters. The van der Waals surface area contributed by atoms with Crippen LogP contribution in [-0.4, -0.2) is 36.1 Å². The van der Waals surface area contributed by atoms with Gasteiger partial charge in [-0.2, -0.15) is 0 Å². The zero-order valence-electron chi connectivity index (χ0n) is 23.7. The molecule has 0 aliphatic carbocycles. The van der Waals surface area contributed by atoms with Gasteiger partial charge in [0.05, 0.1) is 36.9 Å². The Morgan fingerprint density at radius 3 is 2.44 bits per heavy atom. The van der Waals surface area contributed by atoms with Gasteiger partial charge in [-0.3, -0.25) is 14.6 Å². The maximum atomic E-state index is 12.8. The summed E-state index contributed by atoms with van der Waals surface area (Å²) in [5.41, 5.74) is 16.7. The predicted molar refractivity (Wildman–Crippen MR) is 164 cm³/mol. The molecule has 0 bridgehead atoms. The first-order valence-electron chi connectivity index (χ1n) is 13.8. The molecule has 0 fully saturated rings. The molecule has 0 unspecified atom stereocenters. The van der Waals surface area contributed by atoms with Crippen molar-refractivity contribution in [3.05, 3.63) is 75.6 Å². The molecule has 6 N–H and O–H groups in total. The minimum atomic E-state index is -0.624. The second-order valence-corrected chi connectivity index (χ2v) is 10.5. The quantitative estimate of drug-likeness (QED) is 0.172. The van der Waals surface area contributed by atoms with Crippen molar-refractivity contribution in [2.24, 2.45) is 11.5 Å². The topological polar surface area (TPSA) is 142 Å². The summed E-state index contributed by atoms with van der Waals surface area (Å²) in [5.74, 6) is 0.536. The van der Waals surface area contributed by atoms with Crippen LogP contribution in [-0.2, 0) is 35.4 Å². The Morgan fingerprint density at radius 2 is 1.78 bits per heavy atom. The average Bonchev–Trinajstić information content (AvgIpc) is 3.46. The third-order valence-electron chi connectivity index (χ3n) is 6.65. The number of nitrogens with zero attached hydrogens (tertiary/aromatic N) is 1. The Bertz CT molecular complexity index is 1510. The van der Waals surface area contributed by atoms with Crippen LogP contribution in [0.2, 0.25) is 0 Å². The largest absolute Gasteiger partial charge is 0.490 e. The van der Waals surface area contributed by atoms with Gasteiger partial charge >= 0.3 is 0 Å². The Hall–Kier alpha value is -4.15. The zero-order valence-corrected chi connectivity index (χ0v) is 24.5. The number of anilines is 2. The monoisotopic (exact) mass is 575 g/mol. The molecule has 0 aliphatic rings. The SMILES string of the molecule is CCOc1cc2ncc(CC(N)=O)c(Nc3cccc(CNC(=O)[C@@H](N)Cc4cccs4)c3CC)c2cc1OCC. The number of carbonyl (C=O) groups excluding carboxylic acids is 2. The molecule has 2 aromatic heterocycles. The molecule has 10 heteroatoms. The molecule has 9 nitrogen and oxygen atoms in total. The molecule has 41 heavy (non-hydrogen) atoms. The number of primary amides is 1. The van der Waals surface area contributed by atoms with Crippen LogP contribution in [0.3, 0.4) is 0 Å². The van der Waals surface area contributed by atoms with Gasteiger partial charge in [0, 0.05) is 46.7 Å². The minimum Gasteiger partial charge on any atom is -0.490 e. The molecular weight excluding hydrogens is 538 g/mol. The van der Waals surface area contributed by atoms with E-state index in [1.165, 1.54) is 0 Å². The van der Waals surface area contributed by atoms with E-state index in [1.54, 1.807) is 17.5 Å². The van der Waals surface area contributed by atoms with E-state index in [1.807, 2.05) is 61.7 Å². The highest BCUT2D eigenvalue weighted by atomic mass is 32.1. The molecule has 0 radical (unpaired) electrons. The minimum absolute atomic E-state index is 0.0157. The summed E-state index contributed by atoms with van der Waals surface area (Å²) in [5, 5.41) is 9.31. The van der Waals surface area contributed by atoms with Gasteiger partial charge in [0.2, 0.25) is 11.8 Å². The van der Waals surface area contributed by atoms with Crippen molar-refractivity contribution in [1.29, 1.82) is 0 Å². The number of nitrogens with one attached hydrogen (secondary N) is 2. The lowest BCUT2D eigenvalue weighted by Gasteiger charge is -2.20. The van der Waals surface area contributed by atoms with Crippen molar-refractivity contribution >= 4 is 45.4 Å². The van der Waals surface area contributed by atoms with Crippen molar-refractivity contribution in [3.8, 4) is 11.5 Å². The van der Waals surface area contributed by atoms with Crippen molar-refractivity contribution < 1.29 is 19.1 Å². The first-order chi connectivity index (χ1) is 19.8. The van der Waals surface area contributed by atoms with Crippen LogP contribution in [0.25, 0.3) is 10.9 Å². The fourth-order valence-corrected chi connectivity index (χ4v) is 5.53. The van der Waals surface area contributed by atoms with Crippen LogP contribution < -0.4 is 31.6 Å². The lowest BCUT2D eigenvalue weighted by Crippen LogP contribution is -2.41. The summed E-state index contributed by atoms with van der Waals surface area (Å²) in [7, 11) is 0. The number of rotatable bonds is 14. The molecule has 2 heterocycles. The molecule has 4 rings (SSSR count). The lowest BCUT2D eigenvalue weighted by molar-refractivity contribution is -0.122. The number of carbonyl (C=O) groups is 2. The molecule has 4 aromatic rings. The maximum absolute atomic E-state index is 12.8. The second kappa shape index (κ2) is 14.0. The Balaban J connectivity index is 1.67. The van der Waals surface area contributed by atoms with Crippen LogP contribution in [0.1, 0.15) is 42.3 Å². The highest BCUT2D eigenvalue weighted by Gasteiger charge is 2.19. The van der Waals surface area contributed by atoms with Gasteiger partial charge in [0.15, 0.2) is 11.5 Å². The van der Waals surface area contributed by atoms with Gasteiger partial charge in [0.25, 0.3) is 0 Å². The van der Waals surface area contributed by atoms with Gasteiger partial charge in [0.1, 0.15) is 0 Å². The lowest BCUT2D eigenvalue weighted by atomic mass is 10.0. The number of benzene rings is 2. The number of hydrogen-bond acceptors (Lipinski definition) is 8. The number of amides is 2. The smallest absolute Gasteiger partial charge is 0.237 e. The van der Waals surface area contributed by atoms with Gasteiger partial charge in [-0.1, -0.05) is 25.1 Å². The van der Waals surface area contributed by atoms with E-state index < -0.39 is 11.9 Å². The van der Waals surface area contributed by atoms with E-state index in [2.05, 4.69) is 22.5 Å². The summed E-state index contributed by atoms with van der Waals surface area (Å²) < 4.78 is 11.7. The molecule has 2 aromatic carbocycles. The molecule has 216 valence electrons. The maximum Gasteiger partial charge on any atom is 0.237 e. The zero-order chi connectivity index (χ0) is 29.4. The van der Waals surface area contributed by atoms with Crippen LogP contribution in [0, 0.1) is 0 Å². The van der Waals surface area contributed by atoms with E-state index >= 15 is 0 Å². The van der Waals surface area contributed by atoms with E-state index in [4.69, 9.17) is 20.9 Å². The number of nitrogens with two attached hydrogens (primary N) is 2. The molecular formula is C31H37N5O4S.